The molecule has 0 aromatic heterocycles. The van der Waals surface area contributed by atoms with Gasteiger partial charge in [0, 0.05) is 13.0 Å². The van der Waals surface area contributed by atoms with Gasteiger partial charge < -0.3 is 10.1 Å². The van der Waals surface area contributed by atoms with Gasteiger partial charge in [-0.25, -0.2) is 0 Å². The Labute approximate surface area is 133 Å². The highest BCUT2D eigenvalue weighted by Gasteiger charge is 2.24. The fourth-order valence-electron chi connectivity index (χ4n) is 2.99. The first-order valence-corrected chi connectivity index (χ1v) is 8.25. The van der Waals surface area contributed by atoms with Gasteiger partial charge in [-0.3, -0.25) is 9.69 Å². The van der Waals surface area contributed by atoms with Crippen LogP contribution in [0.25, 0.3) is 0 Å². The Morgan fingerprint density at radius 2 is 1.86 bits per heavy atom. The maximum Gasteiger partial charge on any atom is 0.220 e. The van der Waals surface area contributed by atoms with E-state index in [1.54, 1.807) is 7.11 Å². The minimum absolute atomic E-state index is 0.146. The van der Waals surface area contributed by atoms with Crippen LogP contribution in [-0.4, -0.2) is 37.6 Å². The lowest BCUT2D eigenvalue weighted by molar-refractivity contribution is -0.122. The molecule has 2 rings (SSSR count). The summed E-state index contributed by atoms with van der Waals surface area (Å²) in [4.78, 5) is 14.4. The Kier molecular flexibility index (Phi) is 6.25. The van der Waals surface area contributed by atoms with E-state index >= 15 is 0 Å². The van der Waals surface area contributed by atoms with Crippen molar-refractivity contribution >= 4 is 5.91 Å². The number of nitrogens with zero attached hydrogens (tertiary/aromatic N) is 1. The van der Waals surface area contributed by atoms with E-state index in [4.69, 9.17) is 4.74 Å². The zero-order valence-corrected chi connectivity index (χ0v) is 14.0. The summed E-state index contributed by atoms with van der Waals surface area (Å²) >= 11 is 0. The molecule has 4 nitrogen and oxygen atoms in total. The average molecular weight is 304 g/mol. The normalized spacial score (nSPS) is 16.7. The third-order valence-electron chi connectivity index (χ3n) is 4.17. The largest absolute Gasteiger partial charge is 0.497 e. The fraction of sp³-hybridized carbons (Fsp3) is 0.611. The van der Waals surface area contributed by atoms with E-state index in [0.29, 0.717) is 18.9 Å². The second-order valence-electron chi connectivity index (χ2n) is 6.43. The van der Waals surface area contributed by atoms with Gasteiger partial charge in [0.15, 0.2) is 0 Å². The van der Waals surface area contributed by atoms with Gasteiger partial charge in [-0.2, -0.15) is 0 Å². The smallest absolute Gasteiger partial charge is 0.220 e. The molecule has 1 aliphatic heterocycles. The third-order valence-corrected chi connectivity index (χ3v) is 4.17. The third kappa shape index (κ3) is 4.73. The van der Waals surface area contributed by atoms with E-state index in [0.717, 1.165) is 18.8 Å². The molecule has 1 atom stereocenters. The number of ether oxygens (including phenoxy) is 1. The summed E-state index contributed by atoms with van der Waals surface area (Å²) in [6, 6.07) is 8.46. The summed E-state index contributed by atoms with van der Waals surface area (Å²) in [6.07, 6.45) is 3.08. The number of benzene rings is 1. The number of hydrogen-bond acceptors (Lipinski definition) is 3. The van der Waals surface area contributed by atoms with E-state index in [-0.39, 0.29) is 11.9 Å². The molecule has 0 bridgehead atoms. The molecule has 122 valence electrons. The van der Waals surface area contributed by atoms with Gasteiger partial charge in [0.2, 0.25) is 5.91 Å². The van der Waals surface area contributed by atoms with Crippen molar-refractivity contribution < 1.29 is 9.53 Å². The molecule has 1 fully saturated rings. The lowest BCUT2D eigenvalue weighted by Gasteiger charge is -2.28. The molecule has 1 aromatic carbocycles. The van der Waals surface area contributed by atoms with Crippen LogP contribution in [0, 0.1) is 5.92 Å². The number of rotatable bonds is 7. The average Bonchev–Trinajstić information content (AvgIpc) is 3.01. The summed E-state index contributed by atoms with van der Waals surface area (Å²) in [5, 5.41) is 3.11. The van der Waals surface area contributed by atoms with E-state index in [2.05, 4.69) is 36.2 Å². The molecule has 0 spiro atoms. The topological polar surface area (TPSA) is 41.6 Å². The number of carbonyl (C=O) groups excluding carboxylic acids is 1. The van der Waals surface area contributed by atoms with Gasteiger partial charge in [0.05, 0.1) is 13.2 Å². The maximum atomic E-state index is 12.0. The minimum atomic E-state index is 0.146. The first-order chi connectivity index (χ1) is 10.6. The molecular formula is C18H28N2O2. The second-order valence-corrected chi connectivity index (χ2v) is 6.43. The predicted molar refractivity (Wildman–Crippen MR) is 89.0 cm³/mol. The van der Waals surface area contributed by atoms with Crippen LogP contribution in [0.4, 0.5) is 0 Å². The highest BCUT2D eigenvalue weighted by molar-refractivity contribution is 5.76. The van der Waals surface area contributed by atoms with Crippen molar-refractivity contribution in [1.29, 1.82) is 0 Å². The molecule has 1 aliphatic rings. The molecule has 0 radical (unpaired) electrons. The van der Waals surface area contributed by atoms with Crippen molar-refractivity contribution in [3.8, 4) is 5.75 Å². The molecular weight excluding hydrogens is 276 g/mol. The Balaban J connectivity index is 2.03. The molecule has 1 N–H and O–H groups in total. The van der Waals surface area contributed by atoms with Gasteiger partial charge in [0.1, 0.15) is 5.75 Å². The van der Waals surface area contributed by atoms with Crippen molar-refractivity contribution in [2.24, 2.45) is 5.92 Å². The Morgan fingerprint density at radius 1 is 1.23 bits per heavy atom. The molecule has 22 heavy (non-hydrogen) atoms. The van der Waals surface area contributed by atoms with Crippen LogP contribution in [0.3, 0.4) is 0 Å². The molecule has 0 aliphatic carbocycles. The Morgan fingerprint density at radius 3 is 2.41 bits per heavy atom. The molecule has 0 unspecified atom stereocenters. The number of carbonyl (C=O) groups is 1. The van der Waals surface area contributed by atoms with Crippen LogP contribution < -0.4 is 10.1 Å². The molecule has 1 amide bonds. The van der Waals surface area contributed by atoms with E-state index in [9.17, 15) is 4.79 Å². The number of likely N-dealkylation sites (tertiary alicyclic amines) is 1. The van der Waals surface area contributed by atoms with E-state index < -0.39 is 0 Å². The van der Waals surface area contributed by atoms with Gasteiger partial charge in [-0.15, -0.1) is 0 Å². The minimum Gasteiger partial charge on any atom is -0.497 e. The fourth-order valence-corrected chi connectivity index (χ4v) is 2.99. The lowest BCUT2D eigenvalue weighted by Crippen LogP contribution is -2.37. The van der Waals surface area contributed by atoms with Crippen molar-refractivity contribution in [1.82, 2.24) is 10.2 Å². The molecule has 1 aromatic rings. The zero-order chi connectivity index (χ0) is 15.9. The number of nitrogens with one attached hydrogen (secondary N) is 1. The van der Waals surface area contributed by atoms with Crippen molar-refractivity contribution in [3.05, 3.63) is 29.8 Å². The molecule has 1 saturated heterocycles. The van der Waals surface area contributed by atoms with Crippen LogP contribution in [0.2, 0.25) is 0 Å². The first kappa shape index (κ1) is 16.8. The summed E-state index contributed by atoms with van der Waals surface area (Å²) < 4.78 is 5.23. The zero-order valence-electron chi connectivity index (χ0n) is 14.0. The summed E-state index contributed by atoms with van der Waals surface area (Å²) in [7, 11) is 1.68. The van der Waals surface area contributed by atoms with Crippen molar-refractivity contribution in [3.63, 3.8) is 0 Å². The lowest BCUT2D eigenvalue weighted by atomic mass is 10.0. The molecule has 0 saturated carbocycles. The first-order valence-electron chi connectivity index (χ1n) is 8.25. The van der Waals surface area contributed by atoms with Gasteiger partial charge in [0.25, 0.3) is 0 Å². The van der Waals surface area contributed by atoms with E-state index in [1.165, 1.54) is 18.4 Å². The Bertz CT molecular complexity index is 464. The quantitative estimate of drug-likeness (QED) is 0.842. The van der Waals surface area contributed by atoms with Gasteiger partial charge >= 0.3 is 0 Å². The van der Waals surface area contributed by atoms with Gasteiger partial charge in [-0.1, -0.05) is 26.0 Å². The van der Waals surface area contributed by atoms with Crippen LogP contribution in [0.1, 0.15) is 44.7 Å². The molecule has 4 heteroatoms. The summed E-state index contributed by atoms with van der Waals surface area (Å²) in [5.74, 6) is 1.41. The summed E-state index contributed by atoms with van der Waals surface area (Å²) in [6.45, 7) is 7.04. The second kappa shape index (κ2) is 8.18. The summed E-state index contributed by atoms with van der Waals surface area (Å²) in [5.41, 5.74) is 1.24. The number of methoxy groups -OCH3 is 1. The SMILES string of the molecule is COc1ccc([C@H](CNC(=O)CC(C)C)N2CCCC2)cc1. The highest BCUT2D eigenvalue weighted by atomic mass is 16.5. The predicted octanol–water partition coefficient (Wildman–Crippen LogP) is 2.99. The number of amides is 1. The molecule has 1 heterocycles. The van der Waals surface area contributed by atoms with E-state index in [1.807, 2.05) is 12.1 Å². The standard InChI is InChI=1S/C18H28N2O2/c1-14(2)12-18(21)19-13-17(20-10-4-5-11-20)15-6-8-16(22-3)9-7-15/h6-9,14,17H,4-5,10-13H2,1-3H3,(H,19,21)/t17-/m0/s1. The highest BCUT2D eigenvalue weighted by Crippen LogP contribution is 2.26. The number of hydrogen-bond donors (Lipinski definition) is 1. The van der Waals surface area contributed by atoms with Crippen molar-refractivity contribution in [2.45, 2.75) is 39.2 Å². The van der Waals surface area contributed by atoms with Crippen LogP contribution >= 0.6 is 0 Å². The van der Waals surface area contributed by atoms with Crippen LogP contribution in [-0.2, 0) is 4.79 Å². The van der Waals surface area contributed by atoms with Gasteiger partial charge in [-0.05, 0) is 49.5 Å². The monoisotopic (exact) mass is 304 g/mol. The maximum absolute atomic E-state index is 12.0. The van der Waals surface area contributed by atoms with Crippen LogP contribution in [0.15, 0.2) is 24.3 Å². The Hall–Kier alpha value is -1.55. The van der Waals surface area contributed by atoms with Crippen LogP contribution in [0.5, 0.6) is 5.75 Å². The van der Waals surface area contributed by atoms with Crippen molar-refractivity contribution in [2.75, 3.05) is 26.7 Å².